The number of hydrogen-bond acceptors (Lipinski definition) is 2. The lowest BCUT2D eigenvalue weighted by Crippen LogP contribution is -1.85. The highest BCUT2D eigenvalue weighted by Crippen LogP contribution is 2.27. The fourth-order valence-corrected chi connectivity index (χ4v) is 2.28. The third-order valence-electron chi connectivity index (χ3n) is 3.17. The molecular formula is C16H14BrNO. The van der Waals surface area contributed by atoms with Crippen molar-refractivity contribution in [1.82, 2.24) is 4.98 Å². The summed E-state index contributed by atoms with van der Waals surface area (Å²) in [5.74, 6) is 1.17. The van der Waals surface area contributed by atoms with Crippen LogP contribution in [-0.2, 0) is 0 Å². The molecule has 0 radical (unpaired) electrons. The second kappa shape index (κ2) is 4.82. The van der Waals surface area contributed by atoms with Crippen LogP contribution in [0.4, 0.5) is 0 Å². The van der Waals surface area contributed by atoms with E-state index in [4.69, 9.17) is 4.42 Å². The van der Waals surface area contributed by atoms with Gasteiger partial charge in [0.1, 0.15) is 5.52 Å². The van der Waals surface area contributed by atoms with Crippen LogP contribution >= 0.6 is 15.9 Å². The molecule has 3 heteroatoms. The van der Waals surface area contributed by atoms with E-state index < -0.39 is 0 Å². The molecule has 0 saturated carbocycles. The summed E-state index contributed by atoms with van der Waals surface area (Å²) in [6.07, 6.45) is 0. The van der Waals surface area contributed by atoms with E-state index in [2.05, 4.69) is 46.9 Å². The molecule has 0 spiro atoms. The van der Waals surface area contributed by atoms with Crippen LogP contribution in [0.2, 0.25) is 0 Å². The van der Waals surface area contributed by atoms with Crippen LogP contribution in [0.3, 0.4) is 0 Å². The van der Waals surface area contributed by atoms with E-state index >= 15 is 0 Å². The van der Waals surface area contributed by atoms with Gasteiger partial charge >= 0.3 is 0 Å². The molecule has 0 atom stereocenters. The van der Waals surface area contributed by atoms with Crippen LogP contribution in [0.1, 0.15) is 25.3 Å². The number of hydrogen-bond donors (Lipinski definition) is 0. The largest absolute Gasteiger partial charge is 0.436 e. The quantitative estimate of drug-likeness (QED) is 0.634. The smallest absolute Gasteiger partial charge is 0.227 e. The van der Waals surface area contributed by atoms with Crippen molar-refractivity contribution in [2.75, 3.05) is 0 Å². The van der Waals surface area contributed by atoms with Gasteiger partial charge in [0, 0.05) is 10.0 Å². The summed E-state index contributed by atoms with van der Waals surface area (Å²) in [5.41, 5.74) is 4.03. The van der Waals surface area contributed by atoms with Crippen LogP contribution in [0.25, 0.3) is 22.6 Å². The number of rotatable bonds is 2. The highest BCUT2D eigenvalue weighted by Gasteiger charge is 2.09. The molecule has 96 valence electrons. The van der Waals surface area contributed by atoms with E-state index in [9.17, 15) is 0 Å². The molecule has 0 amide bonds. The van der Waals surface area contributed by atoms with Crippen LogP contribution in [0, 0.1) is 0 Å². The molecule has 2 aromatic carbocycles. The molecule has 0 aliphatic heterocycles. The lowest BCUT2D eigenvalue weighted by atomic mass is 10.0. The van der Waals surface area contributed by atoms with Gasteiger partial charge in [-0.05, 0) is 47.9 Å². The fourth-order valence-electron chi connectivity index (χ4n) is 2.02. The molecule has 1 aromatic heterocycles. The minimum atomic E-state index is 0.497. The first kappa shape index (κ1) is 12.4. The Hall–Kier alpha value is -1.61. The molecule has 0 aliphatic carbocycles. The second-order valence-corrected chi connectivity index (χ2v) is 5.82. The number of halogens is 1. The minimum Gasteiger partial charge on any atom is -0.436 e. The predicted octanol–water partition coefficient (Wildman–Crippen LogP) is 5.38. The zero-order chi connectivity index (χ0) is 13.4. The number of aromatic nitrogens is 1. The molecule has 0 saturated heterocycles. The summed E-state index contributed by atoms with van der Waals surface area (Å²) in [4.78, 5) is 4.57. The Morgan fingerprint density at radius 3 is 2.47 bits per heavy atom. The summed E-state index contributed by atoms with van der Waals surface area (Å²) in [6, 6.07) is 14.2. The van der Waals surface area contributed by atoms with E-state index in [-0.39, 0.29) is 0 Å². The Balaban J connectivity index is 2.08. The molecule has 0 N–H and O–H groups in total. The van der Waals surface area contributed by atoms with Crippen molar-refractivity contribution >= 4 is 27.0 Å². The maximum absolute atomic E-state index is 5.80. The molecular weight excluding hydrogens is 302 g/mol. The normalized spacial score (nSPS) is 11.4. The Morgan fingerprint density at radius 1 is 1.05 bits per heavy atom. The van der Waals surface area contributed by atoms with Gasteiger partial charge in [0.25, 0.3) is 0 Å². The van der Waals surface area contributed by atoms with E-state index in [1.54, 1.807) is 0 Å². The molecule has 0 fully saturated rings. The maximum atomic E-state index is 5.80. The fraction of sp³-hybridized carbons (Fsp3) is 0.188. The van der Waals surface area contributed by atoms with Gasteiger partial charge in [-0.2, -0.15) is 0 Å². The van der Waals surface area contributed by atoms with Crippen LogP contribution in [0.5, 0.6) is 0 Å². The first-order valence-corrected chi connectivity index (χ1v) is 7.09. The highest BCUT2D eigenvalue weighted by atomic mass is 79.9. The average Bonchev–Trinajstić information content (AvgIpc) is 2.82. The lowest BCUT2D eigenvalue weighted by Gasteiger charge is -2.02. The van der Waals surface area contributed by atoms with Crippen molar-refractivity contribution in [3.63, 3.8) is 0 Å². The second-order valence-electron chi connectivity index (χ2n) is 4.91. The zero-order valence-corrected chi connectivity index (χ0v) is 12.4. The van der Waals surface area contributed by atoms with Crippen molar-refractivity contribution in [3.05, 3.63) is 52.5 Å². The van der Waals surface area contributed by atoms with Gasteiger partial charge in [-0.25, -0.2) is 4.98 Å². The van der Waals surface area contributed by atoms with E-state index in [1.807, 2.05) is 30.3 Å². The molecule has 0 unspecified atom stereocenters. The summed E-state index contributed by atoms with van der Waals surface area (Å²) < 4.78 is 6.85. The van der Waals surface area contributed by atoms with E-state index in [0.717, 1.165) is 21.1 Å². The van der Waals surface area contributed by atoms with E-state index in [1.165, 1.54) is 5.56 Å². The summed E-state index contributed by atoms with van der Waals surface area (Å²) in [5, 5.41) is 0. The van der Waals surface area contributed by atoms with Gasteiger partial charge < -0.3 is 4.42 Å². The van der Waals surface area contributed by atoms with Gasteiger partial charge in [-0.15, -0.1) is 0 Å². The number of oxazole rings is 1. The third kappa shape index (κ3) is 2.43. The monoisotopic (exact) mass is 315 g/mol. The van der Waals surface area contributed by atoms with Gasteiger partial charge in [0.15, 0.2) is 5.58 Å². The van der Waals surface area contributed by atoms with Crippen molar-refractivity contribution < 1.29 is 4.42 Å². The Labute approximate surface area is 120 Å². The molecule has 3 rings (SSSR count). The Bertz CT molecular complexity index is 713. The molecule has 3 aromatic rings. The van der Waals surface area contributed by atoms with Crippen LogP contribution in [-0.4, -0.2) is 4.98 Å². The van der Waals surface area contributed by atoms with Crippen molar-refractivity contribution in [1.29, 1.82) is 0 Å². The summed E-state index contributed by atoms with van der Waals surface area (Å²) in [7, 11) is 0. The lowest BCUT2D eigenvalue weighted by molar-refractivity contribution is 0.619. The Kier molecular flexibility index (Phi) is 3.15. The summed E-state index contributed by atoms with van der Waals surface area (Å²) >= 11 is 3.43. The standard InChI is InChI=1S/C16H14BrNO/c1-10(2)12-5-8-15-14(9-12)18-16(19-15)11-3-6-13(17)7-4-11/h3-10H,1-2H3. The number of benzene rings is 2. The molecule has 1 heterocycles. The van der Waals surface area contributed by atoms with Crippen LogP contribution < -0.4 is 0 Å². The van der Waals surface area contributed by atoms with Crippen molar-refractivity contribution in [3.8, 4) is 11.5 Å². The van der Waals surface area contributed by atoms with E-state index in [0.29, 0.717) is 11.8 Å². The SMILES string of the molecule is CC(C)c1ccc2oc(-c3ccc(Br)cc3)nc2c1. The molecule has 2 nitrogen and oxygen atoms in total. The van der Waals surface area contributed by atoms with Gasteiger partial charge in [-0.3, -0.25) is 0 Å². The van der Waals surface area contributed by atoms with Gasteiger partial charge in [-0.1, -0.05) is 35.8 Å². The number of nitrogens with zero attached hydrogens (tertiary/aromatic N) is 1. The average molecular weight is 316 g/mol. The first-order chi connectivity index (χ1) is 9.13. The maximum Gasteiger partial charge on any atom is 0.227 e. The van der Waals surface area contributed by atoms with Crippen molar-refractivity contribution in [2.45, 2.75) is 19.8 Å². The molecule has 0 bridgehead atoms. The van der Waals surface area contributed by atoms with Gasteiger partial charge in [0.05, 0.1) is 0 Å². The van der Waals surface area contributed by atoms with Gasteiger partial charge in [0.2, 0.25) is 5.89 Å². The minimum absolute atomic E-state index is 0.497. The van der Waals surface area contributed by atoms with Crippen molar-refractivity contribution in [2.24, 2.45) is 0 Å². The van der Waals surface area contributed by atoms with Crippen LogP contribution in [0.15, 0.2) is 51.4 Å². The topological polar surface area (TPSA) is 26.0 Å². The first-order valence-electron chi connectivity index (χ1n) is 6.30. The Morgan fingerprint density at radius 2 is 1.79 bits per heavy atom. The zero-order valence-electron chi connectivity index (χ0n) is 10.9. The third-order valence-corrected chi connectivity index (χ3v) is 3.70. The summed E-state index contributed by atoms with van der Waals surface area (Å²) in [6.45, 7) is 4.35. The highest BCUT2D eigenvalue weighted by molar-refractivity contribution is 9.10. The molecule has 0 aliphatic rings. The number of fused-ring (bicyclic) bond motifs is 1. The predicted molar refractivity (Wildman–Crippen MR) is 81.2 cm³/mol. The molecule has 19 heavy (non-hydrogen) atoms.